The van der Waals surface area contributed by atoms with Gasteiger partial charge in [-0.2, -0.15) is 0 Å². The van der Waals surface area contributed by atoms with E-state index in [4.69, 9.17) is 4.74 Å². The number of aliphatic hydroxyl groups is 1. The molecule has 5 rings (SSSR count). The van der Waals surface area contributed by atoms with Gasteiger partial charge in [0.15, 0.2) is 0 Å². The zero-order chi connectivity index (χ0) is 24.5. The summed E-state index contributed by atoms with van der Waals surface area (Å²) in [4.78, 5) is 35.7. The number of ether oxygens (including phenoxy) is 1. The van der Waals surface area contributed by atoms with Gasteiger partial charge in [0.1, 0.15) is 18.5 Å². The van der Waals surface area contributed by atoms with Crippen LogP contribution in [0.1, 0.15) is 11.4 Å². The van der Waals surface area contributed by atoms with Crippen LogP contribution in [0.15, 0.2) is 46.9 Å². The van der Waals surface area contributed by atoms with Crippen molar-refractivity contribution in [3.05, 3.63) is 51.9 Å². The van der Waals surface area contributed by atoms with Crippen LogP contribution in [0.2, 0.25) is 0 Å². The van der Waals surface area contributed by atoms with Crippen molar-refractivity contribution in [1.29, 1.82) is 0 Å². The highest BCUT2D eigenvalue weighted by Crippen LogP contribution is 2.28. The predicted octanol–water partition coefficient (Wildman–Crippen LogP) is 3.06. The van der Waals surface area contributed by atoms with Crippen LogP contribution >= 0.6 is 27.3 Å². The number of β-amino-alcohol motifs (C(OH)–C–C–N with tert-alkyl or cyclic N) is 1. The summed E-state index contributed by atoms with van der Waals surface area (Å²) in [6, 6.07) is 12.6. The number of nitrogens with zero attached hydrogens (tertiary/aromatic N) is 4. The first-order valence-electron chi connectivity index (χ1n) is 11.6. The molecular weight excluding hydrogens is 532 g/mol. The van der Waals surface area contributed by atoms with Gasteiger partial charge in [0.25, 0.3) is 5.91 Å². The number of piperazine rings is 1. The highest BCUT2D eigenvalue weighted by Gasteiger charge is 2.43. The summed E-state index contributed by atoms with van der Waals surface area (Å²) in [6.45, 7) is 5.46. The van der Waals surface area contributed by atoms with E-state index < -0.39 is 12.1 Å². The summed E-state index contributed by atoms with van der Waals surface area (Å²) in [7, 11) is 0. The van der Waals surface area contributed by atoms with E-state index in [1.807, 2.05) is 37.3 Å². The lowest BCUT2D eigenvalue weighted by molar-refractivity contribution is -0.123. The Hall–Kier alpha value is -2.37. The van der Waals surface area contributed by atoms with Crippen molar-refractivity contribution >= 4 is 55.0 Å². The number of aliphatic hydroxyl groups excluding tert-OH is 1. The molecule has 3 aromatic rings. The molecule has 184 valence electrons. The maximum Gasteiger partial charge on any atom is 0.251 e. The van der Waals surface area contributed by atoms with Gasteiger partial charge in [-0.1, -0.05) is 15.9 Å². The fraction of sp³-hybridized carbons (Fsp3) is 0.400. The smallest absolute Gasteiger partial charge is 0.251 e. The van der Waals surface area contributed by atoms with E-state index in [-0.39, 0.29) is 24.8 Å². The third kappa shape index (κ3) is 5.41. The lowest BCUT2D eigenvalue weighted by Gasteiger charge is -2.37. The highest BCUT2D eigenvalue weighted by molar-refractivity contribution is 9.10. The molecule has 2 aliphatic rings. The maximum atomic E-state index is 13.0. The van der Waals surface area contributed by atoms with E-state index in [0.29, 0.717) is 31.1 Å². The summed E-state index contributed by atoms with van der Waals surface area (Å²) in [5.74, 6) is 0.376. The molecule has 2 fully saturated rings. The molecule has 0 radical (unpaired) electrons. The van der Waals surface area contributed by atoms with Gasteiger partial charge in [0.05, 0.1) is 33.4 Å². The van der Waals surface area contributed by atoms with Crippen molar-refractivity contribution in [1.82, 2.24) is 14.8 Å². The monoisotopic (exact) mass is 558 g/mol. The molecule has 0 spiro atoms. The topological polar surface area (TPSA) is 86.2 Å². The minimum atomic E-state index is -0.628. The minimum Gasteiger partial charge on any atom is -0.491 e. The molecule has 10 heteroatoms. The lowest BCUT2D eigenvalue weighted by Crippen LogP contribution is -2.54. The molecule has 0 aliphatic carbocycles. The zero-order valence-electron chi connectivity index (χ0n) is 19.4. The number of fused-ring (bicyclic) bond motifs is 1. The molecular formula is C25H27BrN4O4S. The summed E-state index contributed by atoms with van der Waals surface area (Å²) in [5.41, 5.74) is 1.52. The van der Waals surface area contributed by atoms with Gasteiger partial charge in [-0.25, -0.2) is 9.88 Å². The molecule has 2 amide bonds. The number of halogens is 1. The van der Waals surface area contributed by atoms with Crippen LogP contribution in [0.4, 0.5) is 5.69 Å². The first-order chi connectivity index (χ1) is 16.9. The molecule has 2 aliphatic heterocycles. The van der Waals surface area contributed by atoms with Crippen molar-refractivity contribution in [3.8, 4) is 5.75 Å². The number of aryl methyl sites for hydroxylation is 1. The number of anilines is 1. The average molecular weight is 559 g/mol. The largest absolute Gasteiger partial charge is 0.491 e. The number of imide groups is 1. The van der Waals surface area contributed by atoms with Crippen LogP contribution in [0.5, 0.6) is 5.75 Å². The Morgan fingerprint density at radius 2 is 1.89 bits per heavy atom. The second-order valence-electron chi connectivity index (χ2n) is 8.93. The van der Waals surface area contributed by atoms with Crippen LogP contribution in [0.25, 0.3) is 10.2 Å². The predicted molar refractivity (Wildman–Crippen MR) is 139 cm³/mol. The number of aromatic nitrogens is 1. The number of hydrogen-bond acceptors (Lipinski definition) is 8. The van der Waals surface area contributed by atoms with Crippen LogP contribution in [-0.4, -0.2) is 83.2 Å². The number of carbonyl (C=O) groups is 2. The van der Waals surface area contributed by atoms with Gasteiger partial charge in [-0.15, -0.1) is 11.3 Å². The lowest BCUT2D eigenvalue weighted by atomic mass is 10.1. The maximum absolute atomic E-state index is 13.0. The van der Waals surface area contributed by atoms with Crippen molar-refractivity contribution < 1.29 is 19.4 Å². The van der Waals surface area contributed by atoms with E-state index in [0.717, 1.165) is 32.8 Å². The average Bonchev–Trinajstić information content (AvgIpc) is 3.36. The van der Waals surface area contributed by atoms with Gasteiger partial charge >= 0.3 is 0 Å². The van der Waals surface area contributed by atoms with Crippen molar-refractivity contribution in [3.63, 3.8) is 0 Å². The normalized spacial score (nSPS) is 20.7. The SMILES string of the molecule is Cc1nc2cc(OC[C@H](O)CN3CCN(C4CC(=O)N(c5ccc(Br)cc5)C4=O)CC3)ccc2s1. The van der Waals surface area contributed by atoms with Crippen molar-refractivity contribution in [2.24, 2.45) is 0 Å². The van der Waals surface area contributed by atoms with Crippen molar-refractivity contribution in [2.45, 2.75) is 25.5 Å². The van der Waals surface area contributed by atoms with Crippen LogP contribution in [0.3, 0.4) is 0 Å². The van der Waals surface area contributed by atoms with E-state index in [9.17, 15) is 14.7 Å². The molecule has 8 nitrogen and oxygen atoms in total. The molecule has 0 bridgehead atoms. The molecule has 0 saturated carbocycles. The third-order valence-electron chi connectivity index (χ3n) is 6.43. The summed E-state index contributed by atoms with van der Waals surface area (Å²) in [5, 5.41) is 11.5. The Labute approximate surface area is 216 Å². The number of amides is 2. The second kappa shape index (κ2) is 10.3. The molecule has 35 heavy (non-hydrogen) atoms. The summed E-state index contributed by atoms with van der Waals surface area (Å²) < 4.78 is 7.82. The molecule has 2 aromatic carbocycles. The third-order valence-corrected chi connectivity index (χ3v) is 7.91. The van der Waals surface area contributed by atoms with Crippen LogP contribution in [-0.2, 0) is 9.59 Å². The number of carbonyl (C=O) groups excluding carboxylic acids is 2. The van der Waals surface area contributed by atoms with Gasteiger partial charge in [0.2, 0.25) is 5.91 Å². The minimum absolute atomic E-state index is 0.161. The van der Waals surface area contributed by atoms with E-state index in [1.54, 1.807) is 23.5 Å². The number of rotatable bonds is 7. The Morgan fingerprint density at radius 1 is 1.14 bits per heavy atom. The molecule has 2 atom stereocenters. The highest BCUT2D eigenvalue weighted by atomic mass is 79.9. The van der Waals surface area contributed by atoms with E-state index in [1.165, 1.54) is 4.90 Å². The Kier molecular flexibility index (Phi) is 7.17. The molecule has 1 N–H and O–H groups in total. The molecule has 3 heterocycles. The quantitative estimate of drug-likeness (QED) is 0.446. The van der Waals surface area contributed by atoms with Gasteiger partial charge in [0, 0.05) is 43.3 Å². The fourth-order valence-electron chi connectivity index (χ4n) is 4.68. The number of benzene rings is 2. The van der Waals surface area contributed by atoms with Gasteiger partial charge in [-0.05, 0) is 43.3 Å². The standard InChI is InChI=1S/C25H27BrN4O4S/c1-16-27-21-12-20(6-7-23(21)35-16)34-15-19(31)14-28-8-10-29(11-9-28)22-13-24(32)30(25(22)33)18-4-2-17(26)3-5-18/h2-7,12,19,22,31H,8-11,13-15H2,1H3/t19-,22?/m1/s1. The number of hydrogen-bond donors (Lipinski definition) is 1. The fourth-order valence-corrected chi connectivity index (χ4v) is 5.75. The van der Waals surface area contributed by atoms with Crippen molar-refractivity contribution in [2.75, 3.05) is 44.2 Å². The molecule has 2 saturated heterocycles. The van der Waals surface area contributed by atoms with Crippen LogP contribution < -0.4 is 9.64 Å². The first kappa shape index (κ1) is 24.3. The first-order valence-corrected chi connectivity index (χ1v) is 13.2. The van der Waals surface area contributed by atoms with E-state index >= 15 is 0 Å². The van der Waals surface area contributed by atoms with Gasteiger partial charge in [-0.3, -0.25) is 19.4 Å². The summed E-state index contributed by atoms with van der Waals surface area (Å²) >= 11 is 5.03. The second-order valence-corrected chi connectivity index (χ2v) is 11.1. The van der Waals surface area contributed by atoms with Crippen LogP contribution in [0, 0.1) is 6.92 Å². The summed E-state index contributed by atoms with van der Waals surface area (Å²) in [6.07, 6.45) is -0.425. The molecule has 1 unspecified atom stereocenters. The molecule has 1 aromatic heterocycles. The Bertz CT molecular complexity index is 1230. The van der Waals surface area contributed by atoms with E-state index in [2.05, 4.69) is 30.7 Å². The zero-order valence-corrected chi connectivity index (χ0v) is 21.8. The number of thiazole rings is 1. The van der Waals surface area contributed by atoms with Gasteiger partial charge < -0.3 is 9.84 Å². The Balaban J connectivity index is 1.10. The Morgan fingerprint density at radius 3 is 2.63 bits per heavy atom.